The van der Waals surface area contributed by atoms with Crippen LogP contribution in [-0.4, -0.2) is 28.6 Å². The Balaban J connectivity index is 2.29. The van der Waals surface area contributed by atoms with Gasteiger partial charge in [-0.2, -0.15) is 0 Å². The zero-order valence-electron chi connectivity index (χ0n) is 11.1. The van der Waals surface area contributed by atoms with Crippen molar-refractivity contribution in [1.82, 2.24) is 15.6 Å². The van der Waals surface area contributed by atoms with Crippen molar-refractivity contribution in [2.45, 2.75) is 26.8 Å². The molecule has 1 atom stereocenters. The molecule has 0 bridgehead atoms. The van der Waals surface area contributed by atoms with Gasteiger partial charge in [0.25, 0.3) is 0 Å². The third-order valence-corrected chi connectivity index (χ3v) is 2.67. The first-order valence-corrected chi connectivity index (χ1v) is 6.13. The quantitative estimate of drug-likeness (QED) is 0.723. The Morgan fingerprint density at radius 1 is 1.42 bits per heavy atom. The van der Waals surface area contributed by atoms with Crippen molar-refractivity contribution in [3.8, 4) is 0 Å². The highest BCUT2D eigenvalue weighted by atomic mass is 16.4. The van der Waals surface area contributed by atoms with Crippen LogP contribution in [0.5, 0.6) is 0 Å². The third-order valence-electron chi connectivity index (χ3n) is 2.67. The number of rotatable bonds is 6. The van der Waals surface area contributed by atoms with E-state index in [2.05, 4.69) is 15.6 Å². The highest BCUT2D eigenvalue weighted by Crippen LogP contribution is 2.02. The van der Waals surface area contributed by atoms with Crippen LogP contribution in [0.4, 0.5) is 4.79 Å². The van der Waals surface area contributed by atoms with Gasteiger partial charge in [-0.25, -0.2) is 4.79 Å². The number of carbonyl (C=O) groups is 2. The zero-order valence-corrected chi connectivity index (χ0v) is 11.1. The van der Waals surface area contributed by atoms with Crippen LogP contribution in [0.15, 0.2) is 18.3 Å². The summed E-state index contributed by atoms with van der Waals surface area (Å²) in [5.74, 6) is -0.960. The van der Waals surface area contributed by atoms with Crippen LogP contribution in [0.1, 0.15) is 24.6 Å². The lowest BCUT2D eigenvalue weighted by Crippen LogP contribution is -2.38. The van der Waals surface area contributed by atoms with Gasteiger partial charge in [0.2, 0.25) is 0 Å². The van der Waals surface area contributed by atoms with E-state index in [4.69, 9.17) is 5.11 Å². The number of hydrogen-bond acceptors (Lipinski definition) is 3. The normalized spacial score (nSPS) is 11.7. The standard InChI is InChI=1S/C13H19N3O3/c1-9(6-12(17)18)7-15-13(19)16-8-11-10(2)4-3-5-14-11/h3-5,9H,6-8H2,1-2H3,(H,17,18)(H2,15,16,19). The van der Waals surface area contributed by atoms with E-state index in [-0.39, 0.29) is 18.4 Å². The number of carbonyl (C=O) groups excluding carboxylic acids is 1. The Labute approximate surface area is 112 Å². The second kappa shape index (κ2) is 7.35. The van der Waals surface area contributed by atoms with E-state index >= 15 is 0 Å². The van der Waals surface area contributed by atoms with Gasteiger partial charge in [-0.3, -0.25) is 9.78 Å². The minimum Gasteiger partial charge on any atom is -0.481 e. The number of nitrogens with zero attached hydrogens (tertiary/aromatic N) is 1. The Morgan fingerprint density at radius 3 is 2.79 bits per heavy atom. The van der Waals surface area contributed by atoms with E-state index < -0.39 is 5.97 Å². The molecule has 1 rings (SSSR count). The minimum absolute atomic E-state index is 0.0413. The van der Waals surface area contributed by atoms with Gasteiger partial charge >= 0.3 is 12.0 Å². The van der Waals surface area contributed by atoms with Gasteiger partial charge in [-0.15, -0.1) is 0 Å². The topological polar surface area (TPSA) is 91.3 Å². The monoisotopic (exact) mass is 265 g/mol. The molecule has 0 fully saturated rings. The molecule has 6 nitrogen and oxygen atoms in total. The van der Waals surface area contributed by atoms with Crippen molar-refractivity contribution >= 4 is 12.0 Å². The molecule has 0 aliphatic heterocycles. The summed E-state index contributed by atoms with van der Waals surface area (Å²) in [4.78, 5) is 26.2. The number of aryl methyl sites for hydroxylation is 1. The largest absolute Gasteiger partial charge is 0.481 e. The summed E-state index contributed by atoms with van der Waals surface area (Å²) in [7, 11) is 0. The second-order valence-corrected chi connectivity index (χ2v) is 4.53. The van der Waals surface area contributed by atoms with E-state index in [0.29, 0.717) is 13.1 Å². The molecule has 1 unspecified atom stereocenters. The summed E-state index contributed by atoms with van der Waals surface area (Å²) in [6.45, 7) is 4.39. The van der Waals surface area contributed by atoms with Crippen LogP contribution in [-0.2, 0) is 11.3 Å². The number of pyridine rings is 1. The number of aliphatic carboxylic acids is 1. The average molecular weight is 265 g/mol. The van der Waals surface area contributed by atoms with Gasteiger partial charge in [0.05, 0.1) is 12.2 Å². The maximum Gasteiger partial charge on any atom is 0.315 e. The van der Waals surface area contributed by atoms with Gasteiger partial charge in [-0.05, 0) is 24.5 Å². The smallest absolute Gasteiger partial charge is 0.315 e. The first-order chi connectivity index (χ1) is 8.99. The molecule has 3 N–H and O–H groups in total. The highest BCUT2D eigenvalue weighted by molar-refractivity contribution is 5.74. The minimum atomic E-state index is -0.862. The van der Waals surface area contributed by atoms with E-state index in [1.165, 1.54) is 0 Å². The fourth-order valence-electron chi connectivity index (χ4n) is 1.57. The molecule has 2 amide bonds. The first-order valence-electron chi connectivity index (χ1n) is 6.13. The zero-order chi connectivity index (χ0) is 14.3. The summed E-state index contributed by atoms with van der Waals surface area (Å²) >= 11 is 0. The summed E-state index contributed by atoms with van der Waals surface area (Å²) in [6, 6.07) is 3.45. The average Bonchev–Trinajstić information content (AvgIpc) is 2.34. The molecule has 1 heterocycles. The number of aromatic nitrogens is 1. The van der Waals surface area contributed by atoms with Gasteiger partial charge in [0.15, 0.2) is 0 Å². The molecule has 0 aromatic carbocycles. The number of nitrogens with one attached hydrogen (secondary N) is 2. The van der Waals surface area contributed by atoms with Crippen molar-refractivity contribution in [3.05, 3.63) is 29.6 Å². The molecule has 0 saturated heterocycles. The molecule has 0 aliphatic carbocycles. The van der Waals surface area contributed by atoms with Crippen LogP contribution in [0.3, 0.4) is 0 Å². The molecule has 0 saturated carbocycles. The lowest BCUT2D eigenvalue weighted by atomic mass is 10.1. The Morgan fingerprint density at radius 2 is 2.16 bits per heavy atom. The number of hydrogen-bond donors (Lipinski definition) is 3. The predicted octanol–water partition coefficient (Wildman–Crippen LogP) is 1.30. The number of urea groups is 1. The Kier molecular flexibility index (Phi) is 5.78. The number of carboxylic acid groups (broad SMARTS) is 1. The Bertz CT molecular complexity index is 449. The second-order valence-electron chi connectivity index (χ2n) is 4.53. The van der Waals surface area contributed by atoms with E-state index in [9.17, 15) is 9.59 Å². The lowest BCUT2D eigenvalue weighted by Gasteiger charge is -2.11. The molecule has 0 radical (unpaired) electrons. The van der Waals surface area contributed by atoms with E-state index in [0.717, 1.165) is 11.3 Å². The molecular weight excluding hydrogens is 246 g/mol. The lowest BCUT2D eigenvalue weighted by molar-refractivity contribution is -0.137. The van der Waals surface area contributed by atoms with Gasteiger partial charge < -0.3 is 15.7 Å². The Hall–Kier alpha value is -2.11. The van der Waals surface area contributed by atoms with Crippen LogP contribution in [0, 0.1) is 12.8 Å². The summed E-state index contributed by atoms with van der Waals surface area (Å²) in [6.07, 6.45) is 1.72. The predicted molar refractivity (Wildman–Crippen MR) is 70.6 cm³/mol. The van der Waals surface area contributed by atoms with Crippen LogP contribution in [0.25, 0.3) is 0 Å². The van der Waals surface area contributed by atoms with E-state index in [1.807, 2.05) is 19.1 Å². The molecule has 0 aliphatic rings. The first kappa shape index (κ1) is 14.9. The summed E-state index contributed by atoms with van der Waals surface area (Å²) < 4.78 is 0. The van der Waals surface area contributed by atoms with Crippen LogP contribution in [0.2, 0.25) is 0 Å². The number of carboxylic acids is 1. The molecule has 104 valence electrons. The molecule has 6 heteroatoms. The van der Waals surface area contributed by atoms with Gasteiger partial charge in [-0.1, -0.05) is 13.0 Å². The van der Waals surface area contributed by atoms with Crippen LogP contribution >= 0.6 is 0 Å². The maximum atomic E-state index is 11.5. The van der Waals surface area contributed by atoms with E-state index in [1.54, 1.807) is 13.1 Å². The maximum absolute atomic E-state index is 11.5. The van der Waals surface area contributed by atoms with Crippen molar-refractivity contribution in [3.63, 3.8) is 0 Å². The van der Waals surface area contributed by atoms with Crippen molar-refractivity contribution < 1.29 is 14.7 Å². The highest BCUT2D eigenvalue weighted by Gasteiger charge is 2.09. The molecular formula is C13H19N3O3. The third kappa shape index (κ3) is 5.85. The van der Waals surface area contributed by atoms with Crippen molar-refractivity contribution in [2.24, 2.45) is 5.92 Å². The van der Waals surface area contributed by atoms with Crippen molar-refractivity contribution in [2.75, 3.05) is 6.54 Å². The van der Waals surface area contributed by atoms with Crippen molar-refractivity contribution in [1.29, 1.82) is 0 Å². The van der Waals surface area contributed by atoms with Crippen LogP contribution < -0.4 is 10.6 Å². The SMILES string of the molecule is Cc1cccnc1CNC(=O)NCC(C)CC(=O)O. The van der Waals surface area contributed by atoms with Gasteiger partial charge in [0.1, 0.15) is 0 Å². The molecule has 1 aromatic heterocycles. The fourth-order valence-corrected chi connectivity index (χ4v) is 1.57. The summed E-state index contributed by atoms with van der Waals surface area (Å²) in [5.41, 5.74) is 1.83. The number of amides is 2. The fraction of sp³-hybridized carbons (Fsp3) is 0.462. The summed E-state index contributed by atoms with van der Waals surface area (Å²) in [5, 5.41) is 13.9. The molecule has 0 spiro atoms. The van der Waals surface area contributed by atoms with Gasteiger partial charge in [0, 0.05) is 19.2 Å². The molecule has 19 heavy (non-hydrogen) atoms. The molecule has 1 aromatic rings.